The molecule has 4 heteroatoms. The number of aromatic carboxylic acids is 1. The van der Waals surface area contributed by atoms with Crippen LogP contribution in [0.1, 0.15) is 15.9 Å². The average molecular weight is 279 g/mol. The first-order valence-electron chi connectivity index (χ1n) is 5.34. The van der Waals surface area contributed by atoms with Crippen molar-refractivity contribution in [1.82, 2.24) is 0 Å². The molecular weight excluding hydrogens is 268 g/mol. The van der Waals surface area contributed by atoms with Crippen LogP contribution in [0.5, 0.6) is 0 Å². The van der Waals surface area contributed by atoms with Crippen LogP contribution in [0.25, 0.3) is 0 Å². The summed E-state index contributed by atoms with van der Waals surface area (Å²) in [5.74, 6) is -1.01. The van der Waals surface area contributed by atoms with E-state index in [4.69, 9.17) is 16.7 Å². The fraction of sp³-hybridized carbons (Fsp3) is 0.0714. The zero-order valence-electron chi connectivity index (χ0n) is 9.68. The van der Waals surface area contributed by atoms with E-state index in [0.717, 1.165) is 9.79 Å². The van der Waals surface area contributed by atoms with Crippen LogP contribution in [0.2, 0.25) is 5.02 Å². The Kier molecular flexibility index (Phi) is 3.94. The lowest BCUT2D eigenvalue weighted by Gasteiger charge is -2.06. The van der Waals surface area contributed by atoms with E-state index in [-0.39, 0.29) is 10.6 Å². The molecule has 0 heterocycles. The topological polar surface area (TPSA) is 37.3 Å². The summed E-state index contributed by atoms with van der Waals surface area (Å²) in [5.41, 5.74) is 1.31. The SMILES string of the molecule is Cc1ccccc1Sc1ccc(C(=O)O)c(Cl)c1. The molecule has 2 rings (SSSR count). The van der Waals surface area contributed by atoms with Crippen molar-refractivity contribution in [3.05, 3.63) is 58.6 Å². The van der Waals surface area contributed by atoms with Crippen molar-refractivity contribution in [2.75, 3.05) is 0 Å². The summed E-state index contributed by atoms with van der Waals surface area (Å²) in [5, 5.41) is 9.16. The molecule has 0 amide bonds. The first-order valence-corrected chi connectivity index (χ1v) is 6.53. The molecule has 0 aliphatic rings. The number of carboxylic acids is 1. The van der Waals surface area contributed by atoms with Crippen LogP contribution in [-0.2, 0) is 0 Å². The van der Waals surface area contributed by atoms with Gasteiger partial charge in [0, 0.05) is 9.79 Å². The fourth-order valence-corrected chi connectivity index (χ4v) is 2.80. The third-order valence-electron chi connectivity index (χ3n) is 2.49. The standard InChI is InChI=1S/C14H11ClO2S/c1-9-4-2-3-5-13(9)18-10-6-7-11(14(16)17)12(15)8-10/h2-8H,1H3,(H,16,17). The number of benzene rings is 2. The van der Waals surface area contributed by atoms with E-state index < -0.39 is 5.97 Å². The summed E-state index contributed by atoms with van der Waals surface area (Å²) in [6.07, 6.45) is 0. The number of rotatable bonds is 3. The molecule has 0 radical (unpaired) electrons. The van der Waals surface area contributed by atoms with E-state index in [1.807, 2.05) is 31.2 Å². The van der Waals surface area contributed by atoms with Gasteiger partial charge in [-0.25, -0.2) is 4.79 Å². The summed E-state index contributed by atoms with van der Waals surface area (Å²) in [6.45, 7) is 2.04. The Bertz CT molecular complexity index is 596. The Morgan fingerprint density at radius 3 is 2.56 bits per heavy atom. The molecule has 0 aliphatic carbocycles. The van der Waals surface area contributed by atoms with Crippen LogP contribution in [0.4, 0.5) is 0 Å². The zero-order chi connectivity index (χ0) is 13.1. The van der Waals surface area contributed by atoms with Crippen molar-refractivity contribution in [1.29, 1.82) is 0 Å². The van der Waals surface area contributed by atoms with Crippen molar-refractivity contribution >= 4 is 29.3 Å². The van der Waals surface area contributed by atoms with E-state index in [1.165, 1.54) is 11.6 Å². The van der Waals surface area contributed by atoms with E-state index in [9.17, 15) is 4.79 Å². The molecule has 0 spiro atoms. The van der Waals surface area contributed by atoms with Crippen LogP contribution in [0, 0.1) is 6.92 Å². The Morgan fingerprint density at radius 1 is 1.22 bits per heavy atom. The molecule has 92 valence electrons. The normalized spacial score (nSPS) is 10.3. The van der Waals surface area contributed by atoms with Gasteiger partial charge in [-0.2, -0.15) is 0 Å². The summed E-state index contributed by atoms with van der Waals surface area (Å²) < 4.78 is 0. The fourth-order valence-electron chi connectivity index (χ4n) is 1.53. The molecule has 2 nitrogen and oxygen atoms in total. The molecule has 0 unspecified atom stereocenters. The number of carboxylic acid groups (broad SMARTS) is 1. The van der Waals surface area contributed by atoms with Gasteiger partial charge in [-0.15, -0.1) is 0 Å². The molecule has 0 atom stereocenters. The van der Waals surface area contributed by atoms with E-state index in [1.54, 1.807) is 23.9 Å². The van der Waals surface area contributed by atoms with Gasteiger partial charge in [0.25, 0.3) is 0 Å². The number of aryl methyl sites for hydroxylation is 1. The lowest BCUT2D eigenvalue weighted by Crippen LogP contribution is -1.96. The van der Waals surface area contributed by atoms with Gasteiger partial charge in [0.1, 0.15) is 0 Å². The highest BCUT2D eigenvalue weighted by atomic mass is 35.5. The molecule has 18 heavy (non-hydrogen) atoms. The first kappa shape index (κ1) is 13.0. The summed E-state index contributed by atoms with van der Waals surface area (Å²) in [7, 11) is 0. The maximum absolute atomic E-state index is 10.9. The molecule has 1 N–H and O–H groups in total. The van der Waals surface area contributed by atoms with Crippen molar-refractivity contribution in [3.8, 4) is 0 Å². The molecule has 0 saturated carbocycles. The lowest BCUT2D eigenvalue weighted by molar-refractivity contribution is 0.0697. The Labute approximate surface area is 115 Å². The van der Waals surface area contributed by atoms with Gasteiger partial charge in [0.2, 0.25) is 0 Å². The smallest absolute Gasteiger partial charge is 0.337 e. The molecule has 0 aliphatic heterocycles. The Morgan fingerprint density at radius 2 is 1.94 bits per heavy atom. The van der Waals surface area contributed by atoms with Crippen molar-refractivity contribution in [2.24, 2.45) is 0 Å². The summed E-state index contributed by atoms with van der Waals surface area (Å²) in [4.78, 5) is 12.9. The van der Waals surface area contributed by atoms with Gasteiger partial charge in [0.05, 0.1) is 10.6 Å². The van der Waals surface area contributed by atoms with Crippen molar-refractivity contribution < 1.29 is 9.90 Å². The second-order valence-corrected chi connectivity index (χ2v) is 5.34. The first-order chi connectivity index (χ1) is 8.58. The second-order valence-electron chi connectivity index (χ2n) is 3.81. The largest absolute Gasteiger partial charge is 0.478 e. The van der Waals surface area contributed by atoms with Gasteiger partial charge in [0.15, 0.2) is 0 Å². The molecule has 2 aromatic rings. The predicted octanol–water partition coefficient (Wildman–Crippen LogP) is 4.50. The molecule has 0 bridgehead atoms. The third kappa shape index (κ3) is 2.86. The Balaban J connectivity index is 2.29. The van der Waals surface area contributed by atoms with Gasteiger partial charge < -0.3 is 5.11 Å². The predicted molar refractivity (Wildman–Crippen MR) is 73.7 cm³/mol. The minimum atomic E-state index is -1.01. The van der Waals surface area contributed by atoms with Crippen LogP contribution in [-0.4, -0.2) is 11.1 Å². The minimum absolute atomic E-state index is 0.130. The number of halogens is 1. The summed E-state index contributed by atoms with van der Waals surface area (Å²) >= 11 is 7.51. The van der Waals surface area contributed by atoms with E-state index in [0.29, 0.717) is 0 Å². The van der Waals surface area contributed by atoms with E-state index in [2.05, 4.69) is 0 Å². The van der Waals surface area contributed by atoms with Crippen molar-refractivity contribution in [3.63, 3.8) is 0 Å². The monoisotopic (exact) mass is 278 g/mol. The maximum Gasteiger partial charge on any atom is 0.337 e. The quantitative estimate of drug-likeness (QED) is 0.898. The van der Waals surface area contributed by atoms with Crippen LogP contribution >= 0.6 is 23.4 Å². The zero-order valence-corrected chi connectivity index (χ0v) is 11.3. The number of hydrogen-bond acceptors (Lipinski definition) is 2. The van der Waals surface area contributed by atoms with Gasteiger partial charge >= 0.3 is 5.97 Å². The summed E-state index contributed by atoms with van der Waals surface area (Å²) in [6, 6.07) is 13.0. The van der Waals surface area contributed by atoms with Crippen LogP contribution in [0.3, 0.4) is 0 Å². The highest BCUT2D eigenvalue weighted by molar-refractivity contribution is 7.99. The highest BCUT2D eigenvalue weighted by Crippen LogP contribution is 2.32. The van der Waals surface area contributed by atoms with Gasteiger partial charge in [-0.1, -0.05) is 41.6 Å². The minimum Gasteiger partial charge on any atom is -0.478 e. The average Bonchev–Trinajstić information content (AvgIpc) is 2.32. The lowest BCUT2D eigenvalue weighted by atomic mass is 10.2. The third-order valence-corrected chi connectivity index (χ3v) is 3.97. The van der Waals surface area contributed by atoms with Crippen LogP contribution < -0.4 is 0 Å². The van der Waals surface area contributed by atoms with Gasteiger partial charge in [-0.05, 0) is 36.8 Å². The highest BCUT2D eigenvalue weighted by Gasteiger charge is 2.09. The molecule has 2 aromatic carbocycles. The maximum atomic E-state index is 10.9. The molecule has 0 fully saturated rings. The van der Waals surface area contributed by atoms with Crippen LogP contribution in [0.15, 0.2) is 52.3 Å². The Hall–Kier alpha value is -1.45. The van der Waals surface area contributed by atoms with Crippen molar-refractivity contribution in [2.45, 2.75) is 16.7 Å². The molecule has 0 aromatic heterocycles. The number of hydrogen-bond donors (Lipinski definition) is 1. The number of carbonyl (C=O) groups is 1. The van der Waals surface area contributed by atoms with Gasteiger partial charge in [-0.3, -0.25) is 0 Å². The second kappa shape index (κ2) is 5.46. The van der Waals surface area contributed by atoms with E-state index >= 15 is 0 Å². The molecular formula is C14H11ClO2S. The molecule has 0 saturated heterocycles.